The molecule has 0 aliphatic carbocycles. The fraction of sp³-hybridized carbons (Fsp3) is 0.333. The number of nitrogens with zero attached hydrogens (tertiary/aromatic N) is 5. The van der Waals surface area contributed by atoms with Crippen LogP contribution >= 0.6 is 0 Å². The van der Waals surface area contributed by atoms with Crippen LogP contribution in [0.15, 0.2) is 18.7 Å². The van der Waals surface area contributed by atoms with Crippen LogP contribution in [0.1, 0.15) is 0 Å². The maximum absolute atomic E-state index is 9.02. The quantitative estimate of drug-likeness (QED) is 0.263. The molecule has 1 heterocycles. The summed E-state index contributed by atoms with van der Waals surface area (Å²) in [6.07, 6.45) is 6.99. The first-order valence-corrected chi connectivity index (χ1v) is 3.27. The maximum Gasteiger partial charge on any atom is 0.243 e. The molecule has 7 nitrogen and oxygen atoms in total. The summed E-state index contributed by atoms with van der Waals surface area (Å²) in [5.74, 6) is 0. The van der Waals surface area contributed by atoms with Crippen LogP contribution in [0.25, 0.3) is 5.43 Å². The minimum Gasteiger partial charge on any atom is -0.489 e. The van der Waals surface area contributed by atoms with E-state index in [0.717, 1.165) is 6.19 Å². The van der Waals surface area contributed by atoms with Crippen molar-refractivity contribution in [3.63, 3.8) is 0 Å². The van der Waals surface area contributed by atoms with Gasteiger partial charge >= 0.3 is 0 Å². The molecule has 70 valence electrons. The van der Waals surface area contributed by atoms with Crippen molar-refractivity contribution in [2.24, 2.45) is 14.1 Å². The van der Waals surface area contributed by atoms with Crippen molar-refractivity contribution in [3.05, 3.63) is 34.3 Å². The van der Waals surface area contributed by atoms with Crippen molar-refractivity contribution < 1.29 is 9.60 Å². The third-order valence-corrected chi connectivity index (χ3v) is 1.03. The van der Waals surface area contributed by atoms with Crippen LogP contribution in [0.5, 0.6) is 0 Å². The van der Waals surface area contributed by atoms with Gasteiger partial charge in [0, 0.05) is 0 Å². The lowest BCUT2D eigenvalue weighted by atomic mass is 10.9. The van der Waals surface area contributed by atoms with Gasteiger partial charge < -0.3 is 5.26 Å². The number of aryl methyl sites for hydroxylation is 2. The Balaban J connectivity index is 0.000000226. The van der Waals surface area contributed by atoms with Gasteiger partial charge in [-0.1, -0.05) is 5.43 Å². The van der Waals surface area contributed by atoms with E-state index in [1.807, 2.05) is 42.0 Å². The van der Waals surface area contributed by atoms with Gasteiger partial charge in [-0.3, -0.25) is 10.1 Å². The van der Waals surface area contributed by atoms with E-state index < -0.39 is 5.03 Å². The van der Waals surface area contributed by atoms with Crippen LogP contribution in [0.2, 0.25) is 0 Å². The molecule has 0 spiro atoms. The molecule has 0 N–H and O–H groups in total. The van der Waals surface area contributed by atoms with Gasteiger partial charge in [0.1, 0.15) is 12.4 Å². The van der Waals surface area contributed by atoms with Crippen LogP contribution in [0, 0.1) is 21.6 Å². The molecule has 0 radical (unpaired) electrons. The first-order chi connectivity index (χ1) is 6.06. The van der Waals surface area contributed by atoms with Crippen LogP contribution < -0.4 is 4.57 Å². The number of aromatic nitrogens is 2. The largest absolute Gasteiger partial charge is 0.489 e. The van der Waals surface area contributed by atoms with Crippen LogP contribution in [0.3, 0.4) is 0 Å². The topological polar surface area (TPSA) is 89.8 Å². The second-order valence-electron chi connectivity index (χ2n) is 2.18. The normalized spacial score (nSPS) is 7.77. The molecule has 13 heavy (non-hydrogen) atoms. The van der Waals surface area contributed by atoms with E-state index in [0.29, 0.717) is 0 Å². The van der Waals surface area contributed by atoms with Gasteiger partial charge in [-0.05, 0) is 6.19 Å². The standard InChI is InChI=1S/C5H9N2.CN3O2/c1-6-3-4-7(2)5-6;2-1-3-4(5)6/h3-5H,1-2H3;/q+1;-1. The van der Waals surface area contributed by atoms with Crippen LogP contribution in [-0.2, 0) is 14.1 Å². The van der Waals surface area contributed by atoms with Gasteiger partial charge in [-0.2, -0.15) is 0 Å². The molecule has 0 atom stereocenters. The van der Waals surface area contributed by atoms with Crippen molar-refractivity contribution in [1.29, 1.82) is 5.26 Å². The lowest BCUT2D eigenvalue weighted by Crippen LogP contribution is -2.23. The third kappa shape index (κ3) is 6.30. The zero-order chi connectivity index (χ0) is 10.3. The molecule has 0 unspecified atom stereocenters. The molecule has 0 saturated carbocycles. The Labute approximate surface area is 74.9 Å². The monoisotopic (exact) mass is 183 g/mol. The number of imidazole rings is 1. The van der Waals surface area contributed by atoms with E-state index in [1.165, 1.54) is 0 Å². The summed E-state index contributed by atoms with van der Waals surface area (Å²) in [5.41, 5.74) is 2.15. The molecule has 7 heteroatoms. The van der Waals surface area contributed by atoms with E-state index in [-0.39, 0.29) is 0 Å². The zero-order valence-corrected chi connectivity index (χ0v) is 7.28. The molecule has 0 aliphatic heterocycles. The lowest BCUT2D eigenvalue weighted by Gasteiger charge is -1.80. The number of hydrogen-bond acceptors (Lipinski definition) is 3. The number of rotatable bonds is 1. The van der Waals surface area contributed by atoms with Crippen molar-refractivity contribution in [3.8, 4) is 6.19 Å². The number of hydrogen-bond donors (Lipinski definition) is 0. The van der Waals surface area contributed by atoms with Crippen molar-refractivity contribution in [2.75, 3.05) is 0 Å². The van der Waals surface area contributed by atoms with Gasteiger partial charge in [0.2, 0.25) is 6.33 Å². The summed E-state index contributed by atoms with van der Waals surface area (Å²) in [6, 6.07) is 0. The van der Waals surface area contributed by atoms with Crippen molar-refractivity contribution in [2.45, 2.75) is 0 Å². The molecule has 0 amide bonds. The van der Waals surface area contributed by atoms with Crippen molar-refractivity contribution >= 4 is 0 Å². The lowest BCUT2D eigenvalue weighted by molar-refractivity contribution is -0.670. The summed E-state index contributed by atoms with van der Waals surface area (Å²) in [7, 11) is 4.00. The average molecular weight is 183 g/mol. The van der Waals surface area contributed by atoms with E-state index >= 15 is 0 Å². The average Bonchev–Trinajstić information content (AvgIpc) is 2.35. The molecular weight excluding hydrogens is 174 g/mol. The summed E-state index contributed by atoms with van der Waals surface area (Å²) in [4.78, 5) is 9.02. The Kier molecular flexibility index (Phi) is 4.64. The highest BCUT2D eigenvalue weighted by atomic mass is 16.7. The molecule has 1 aromatic rings. The molecule has 0 aliphatic rings. The maximum atomic E-state index is 9.02. The SMILES string of the molecule is Cn1cc[n+](C)c1.N#C[N-][N+](=O)[O-]. The van der Waals surface area contributed by atoms with Crippen molar-refractivity contribution in [1.82, 2.24) is 4.57 Å². The smallest absolute Gasteiger partial charge is 0.243 e. The predicted molar refractivity (Wildman–Crippen MR) is 42.6 cm³/mol. The molecule has 0 fully saturated rings. The third-order valence-electron chi connectivity index (χ3n) is 1.03. The Bertz CT molecular complexity index is 297. The molecule has 1 rings (SSSR count). The fourth-order valence-corrected chi connectivity index (χ4v) is 0.611. The molecule has 0 saturated heterocycles. The van der Waals surface area contributed by atoms with Gasteiger partial charge in [-0.15, -0.1) is 0 Å². The van der Waals surface area contributed by atoms with Gasteiger partial charge in [0.05, 0.1) is 19.1 Å². The van der Waals surface area contributed by atoms with E-state index in [9.17, 15) is 0 Å². The highest BCUT2D eigenvalue weighted by molar-refractivity contribution is 4.83. The Morgan fingerprint density at radius 3 is 2.46 bits per heavy atom. The minimum absolute atomic E-state index is 0.993. The Morgan fingerprint density at radius 1 is 1.77 bits per heavy atom. The second-order valence-corrected chi connectivity index (χ2v) is 2.18. The first-order valence-electron chi connectivity index (χ1n) is 3.27. The molecule has 0 aromatic carbocycles. The zero-order valence-electron chi connectivity index (χ0n) is 7.28. The van der Waals surface area contributed by atoms with E-state index in [4.69, 9.17) is 15.4 Å². The minimum atomic E-state index is -1.06. The fourth-order valence-electron chi connectivity index (χ4n) is 0.611. The summed E-state index contributed by atoms with van der Waals surface area (Å²) in [6.45, 7) is 0. The summed E-state index contributed by atoms with van der Waals surface area (Å²) < 4.78 is 4.00. The molecular formula is C6H9N5O2. The predicted octanol–water partition coefficient (Wildman–Crippen LogP) is -0.118. The number of nitro groups is 1. The highest BCUT2D eigenvalue weighted by Crippen LogP contribution is 1.75. The molecule has 1 aromatic heterocycles. The van der Waals surface area contributed by atoms with Gasteiger partial charge in [0.25, 0.3) is 0 Å². The van der Waals surface area contributed by atoms with Gasteiger partial charge in [-0.25, -0.2) is 9.13 Å². The highest BCUT2D eigenvalue weighted by Gasteiger charge is 1.87. The van der Waals surface area contributed by atoms with E-state index in [2.05, 4.69) is 5.43 Å². The Morgan fingerprint density at radius 2 is 2.38 bits per heavy atom. The van der Waals surface area contributed by atoms with Crippen LogP contribution in [0.4, 0.5) is 0 Å². The Hall–Kier alpha value is -2.10. The van der Waals surface area contributed by atoms with Gasteiger partial charge in [0.15, 0.2) is 0 Å². The van der Waals surface area contributed by atoms with E-state index in [1.54, 1.807) is 0 Å². The number of nitriles is 1. The molecule has 0 bridgehead atoms. The summed E-state index contributed by atoms with van der Waals surface area (Å²) >= 11 is 0. The first kappa shape index (κ1) is 10.9. The second kappa shape index (κ2) is 5.54. The summed E-state index contributed by atoms with van der Waals surface area (Å²) in [5, 5.41) is 15.3. The van der Waals surface area contributed by atoms with Crippen LogP contribution in [-0.4, -0.2) is 9.60 Å².